The van der Waals surface area contributed by atoms with E-state index in [1.165, 1.54) is 4.57 Å². The summed E-state index contributed by atoms with van der Waals surface area (Å²) in [5.74, 6) is 0. The summed E-state index contributed by atoms with van der Waals surface area (Å²) in [7, 11) is 0. The van der Waals surface area contributed by atoms with E-state index in [9.17, 15) is 4.79 Å². The third-order valence-corrected chi connectivity index (χ3v) is 2.23. The van der Waals surface area contributed by atoms with E-state index in [-0.39, 0.29) is 6.09 Å². The van der Waals surface area contributed by atoms with Gasteiger partial charge < -0.3 is 10.1 Å². The number of carbonyl (C=O) groups excluding carboxylic acids is 1. The van der Waals surface area contributed by atoms with Gasteiger partial charge in [-0.3, -0.25) is 4.57 Å². The molecule has 86 valence electrons. The molecule has 4 heteroatoms. The predicted octanol–water partition coefficient (Wildman–Crippen LogP) is 0.393. The zero-order valence-electron chi connectivity index (χ0n) is 9.78. The predicted molar refractivity (Wildman–Crippen MR) is 62.2 cm³/mol. The standard InChI is InChI=1S/C12H16N2O2/c1-12(2,3)16-11(15)14-7-5-9-4-6-13-8-10(9)14/h4-5,7-8,13H,6H2,1-3H3. The Hall–Kier alpha value is -1.71. The Morgan fingerprint density at radius 2 is 2.25 bits per heavy atom. The SMILES string of the molecule is CC(C)(C)OC(=O)n1ccc2c1=CNCC=2. The van der Waals surface area contributed by atoms with Crippen molar-refractivity contribution in [2.75, 3.05) is 6.54 Å². The van der Waals surface area contributed by atoms with Crippen LogP contribution in [0.5, 0.6) is 0 Å². The van der Waals surface area contributed by atoms with Crippen LogP contribution in [0.15, 0.2) is 12.3 Å². The van der Waals surface area contributed by atoms with E-state index in [2.05, 4.69) is 5.32 Å². The molecule has 2 rings (SSSR count). The Kier molecular flexibility index (Phi) is 2.50. The van der Waals surface area contributed by atoms with Crippen LogP contribution >= 0.6 is 0 Å². The number of rotatable bonds is 0. The monoisotopic (exact) mass is 220 g/mol. The van der Waals surface area contributed by atoms with E-state index < -0.39 is 5.60 Å². The molecule has 2 heterocycles. The maximum Gasteiger partial charge on any atom is 0.419 e. The van der Waals surface area contributed by atoms with Crippen LogP contribution in [0.2, 0.25) is 0 Å². The number of ether oxygens (including phenoxy) is 1. The summed E-state index contributed by atoms with van der Waals surface area (Å²) < 4.78 is 6.83. The fourth-order valence-corrected chi connectivity index (χ4v) is 1.58. The molecule has 0 bridgehead atoms. The van der Waals surface area contributed by atoms with Gasteiger partial charge in [0.1, 0.15) is 5.60 Å². The molecule has 0 fully saturated rings. The van der Waals surface area contributed by atoms with E-state index in [0.717, 1.165) is 17.1 Å². The second-order valence-electron chi connectivity index (χ2n) is 4.76. The molecule has 0 radical (unpaired) electrons. The van der Waals surface area contributed by atoms with Crippen LogP contribution in [0.25, 0.3) is 12.3 Å². The van der Waals surface area contributed by atoms with Crippen molar-refractivity contribution in [2.45, 2.75) is 26.4 Å². The first kappa shape index (κ1) is 10.8. The summed E-state index contributed by atoms with van der Waals surface area (Å²) in [5.41, 5.74) is -0.472. The first-order valence-corrected chi connectivity index (χ1v) is 5.32. The summed E-state index contributed by atoms with van der Waals surface area (Å²) in [4.78, 5) is 11.9. The highest BCUT2D eigenvalue weighted by Crippen LogP contribution is 2.07. The molecule has 1 N–H and O–H groups in total. The second-order valence-corrected chi connectivity index (χ2v) is 4.76. The summed E-state index contributed by atoms with van der Waals surface area (Å²) in [6.45, 7) is 6.37. The van der Waals surface area contributed by atoms with Gasteiger partial charge in [0.25, 0.3) is 0 Å². The van der Waals surface area contributed by atoms with Gasteiger partial charge in [-0.2, -0.15) is 0 Å². The van der Waals surface area contributed by atoms with Gasteiger partial charge in [0.15, 0.2) is 0 Å². The maximum atomic E-state index is 11.9. The molecule has 0 unspecified atom stereocenters. The van der Waals surface area contributed by atoms with Gasteiger partial charge in [0.2, 0.25) is 0 Å². The second kappa shape index (κ2) is 3.70. The van der Waals surface area contributed by atoms with Crippen molar-refractivity contribution in [3.63, 3.8) is 0 Å². The van der Waals surface area contributed by atoms with Crippen LogP contribution in [-0.4, -0.2) is 22.8 Å². The van der Waals surface area contributed by atoms with Crippen molar-refractivity contribution < 1.29 is 9.53 Å². The largest absolute Gasteiger partial charge is 0.443 e. The zero-order valence-corrected chi connectivity index (χ0v) is 9.78. The fourth-order valence-electron chi connectivity index (χ4n) is 1.58. The Morgan fingerprint density at radius 1 is 1.50 bits per heavy atom. The molecule has 1 aromatic heterocycles. The van der Waals surface area contributed by atoms with Crippen LogP contribution < -0.4 is 15.9 Å². The first-order chi connectivity index (χ1) is 7.47. The highest BCUT2D eigenvalue weighted by Gasteiger charge is 2.18. The quantitative estimate of drug-likeness (QED) is 0.688. The van der Waals surface area contributed by atoms with Crippen LogP contribution in [0.4, 0.5) is 4.79 Å². The highest BCUT2D eigenvalue weighted by atomic mass is 16.6. The molecule has 0 aromatic carbocycles. The molecule has 4 nitrogen and oxygen atoms in total. The number of fused-ring (bicyclic) bond motifs is 1. The topological polar surface area (TPSA) is 43.3 Å². The fraction of sp³-hybridized carbons (Fsp3) is 0.417. The highest BCUT2D eigenvalue weighted by molar-refractivity contribution is 5.71. The molecule has 0 amide bonds. The van der Waals surface area contributed by atoms with E-state index in [1.807, 2.05) is 39.1 Å². The van der Waals surface area contributed by atoms with Crippen molar-refractivity contribution in [3.8, 4) is 0 Å². The average molecular weight is 220 g/mol. The number of nitrogens with zero attached hydrogens (tertiary/aromatic N) is 1. The van der Waals surface area contributed by atoms with Crippen molar-refractivity contribution in [2.24, 2.45) is 0 Å². The molecule has 0 saturated heterocycles. The van der Waals surface area contributed by atoms with Gasteiger partial charge in [0.05, 0.1) is 5.35 Å². The smallest absolute Gasteiger partial charge is 0.419 e. The molecule has 1 aromatic rings. The van der Waals surface area contributed by atoms with Gasteiger partial charge in [0, 0.05) is 18.9 Å². The summed E-state index contributed by atoms with van der Waals surface area (Å²) >= 11 is 0. The van der Waals surface area contributed by atoms with Gasteiger partial charge in [-0.05, 0) is 32.1 Å². The minimum absolute atomic E-state index is 0.345. The lowest BCUT2D eigenvalue weighted by Crippen LogP contribution is -2.40. The third-order valence-electron chi connectivity index (χ3n) is 2.23. The minimum atomic E-state index is -0.472. The number of hydrogen-bond acceptors (Lipinski definition) is 3. The molecular weight excluding hydrogens is 204 g/mol. The molecule has 0 saturated carbocycles. The molecule has 0 atom stereocenters. The zero-order chi connectivity index (χ0) is 11.8. The Labute approximate surface area is 94.2 Å². The number of hydrogen-bond donors (Lipinski definition) is 1. The van der Waals surface area contributed by atoms with E-state index in [4.69, 9.17) is 4.74 Å². The summed E-state index contributed by atoms with van der Waals surface area (Å²) in [6.07, 6.45) is 5.26. The van der Waals surface area contributed by atoms with E-state index in [1.54, 1.807) is 6.20 Å². The lowest BCUT2D eigenvalue weighted by Gasteiger charge is -2.19. The third kappa shape index (κ3) is 2.10. The van der Waals surface area contributed by atoms with Gasteiger partial charge in [-0.25, -0.2) is 4.79 Å². The molecule has 0 aliphatic carbocycles. The number of carbonyl (C=O) groups is 1. The van der Waals surface area contributed by atoms with Crippen molar-refractivity contribution >= 4 is 18.4 Å². The lowest BCUT2D eigenvalue weighted by atomic mass is 10.2. The molecule has 16 heavy (non-hydrogen) atoms. The Bertz CT molecular complexity index is 520. The van der Waals surface area contributed by atoms with Gasteiger partial charge in [-0.15, -0.1) is 0 Å². The van der Waals surface area contributed by atoms with Gasteiger partial charge >= 0.3 is 6.09 Å². The van der Waals surface area contributed by atoms with Crippen LogP contribution in [-0.2, 0) is 4.74 Å². The molecule has 1 aliphatic heterocycles. The van der Waals surface area contributed by atoms with E-state index >= 15 is 0 Å². The van der Waals surface area contributed by atoms with Crippen molar-refractivity contribution in [1.29, 1.82) is 0 Å². The van der Waals surface area contributed by atoms with Crippen molar-refractivity contribution in [1.82, 2.24) is 9.88 Å². The minimum Gasteiger partial charge on any atom is -0.443 e. The Morgan fingerprint density at radius 3 is 2.94 bits per heavy atom. The normalized spacial score (nSPS) is 14.2. The van der Waals surface area contributed by atoms with Crippen molar-refractivity contribution in [3.05, 3.63) is 22.8 Å². The molecule has 0 spiro atoms. The van der Waals surface area contributed by atoms with Crippen LogP contribution in [0, 0.1) is 0 Å². The van der Waals surface area contributed by atoms with Crippen LogP contribution in [0.3, 0.4) is 0 Å². The number of aromatic nitrogens is 1. The van der Waals surface area contributed by atoms with Gasteiger partial charge in [-0.1, -0.05) is 6.08 Å². The Balaban J connectivity index is 2.36. The van der Waals surface area contributed by atoms with Crippen LogP contribution in [0.1, 0.15) is 20.8 Å². The maximum absolute atomic E-state index is 11.9. The first-order valence-electron chi connectivity index (χ1n) is 5.32. The molecule has 1 aliphatic rings. The summed E-state index contributed by atoms with van der Waals surface area (Å²) in [5, 5.41) is 4.98. The lowest BCUT2D eigenvalue weighted by molar-refractivity contribution is 0.0532. The average Bonchev–Trinajstić information content (AvgIpc) is 2.58. The molecular formula is C12H16N2O2. The number of nitrogens with one attached hydrogen (secondary N) is 1. The van der Waals surface area contributed by atoms with E-state index in [0.29, 0.717) is 0 Å². The summed E-state index contributed by atoms with van der Waals surface area (Å²) in [6, 6.07) is 1.91.